The van der Waals surface area contributed by atoms with Crippen LogP contribution in [-0.2, 0) is 6.54 Å². The Morgan fingerprint density at radius 1 is 1.15 bits per heavy atom. The van der Waals surface area contributed by atoms with Gasteiger partial charge in [0.15, 0.2) is 0 Å². The first-order valence-electron chi connectivity index (χ1n) is 8.88. The number of aryl methyl sites for hydroxylation is 1. The van der Waals surface area contributed by atoms with Gasteiger partial charge in [0, 0.05) is 18.0 Å². The minimum Gasteiger partial charge on any atom is -0.497 e. The summed E-state index contributed by atoms with van der Waals surface area (Å²) in [5.41, 5.74) is 3.58. The molecule has 1 aromatic heterocycles. The standard InChI is InChI=1S/C22H22N3O2/c1-4-25-21-14-18(26-3)10-11-19(21)20(15-23)22(25)16-6-8-17(9-7-16)27-13-5-12-24-2/h6-11,14H,4-5,13H2,1-3H3/q+1. The number of nitrogens with zero attached hydrogens (tertiary/aromatic N) is 3. The number of hydrogen-bond donors (Lipinski definition) is 0. The summed E-state index contributed by atoms with van der Waals surface area (Å²) in [4.78, 5) is 3.82. The smallest absolute Gasteiger partial charge is 0.360 e. The first-order chi connectivity index (χ1) is 13.2. The number of benzene rings is 2. The van der Waals surface area contributed by atoms with Crippen LogP contribution in [0.25, 0.3) is 22.2 Å². The van der Waals surface area contributed by atoms with Crippen LogP contribution >= 0.6 is 0 Å². The summed E-state index contributed by atoms with van der Waals surface area (Å²) in [6.07, 6.45) is 3.52. The average Bonchev–Trinajstić information content (AvgIpc) is 3.04. The molecular weight excluding hydrogens is 338 g/mol. The van der Waals surface area contributed by atoms with E-state index in [1.165, 1.54) is 0 Å². The van der Waals surface area contributed by atoms with Crippen LogP contribution in [0.15, 0.2) is 47.5 Å². The first-order valence-corrected chi connectivity index (χ1v) is 8.88. The molecule has 0 saturated carbocycles. The minimum absolute atomic E-state index is 0.537. The van der Waals surface area contributed by atoms with Crippen LogP contribution in [0.2, 0.25) is 0 Å². The van der Waals surface area contributed by atoms with Gasteiger partial charge in [-0.05, 0) is 53.9 Å². The Balaban J connectivity index is 2.01. The van der Waals surface area contributed by atoms with E-state index in [1.54, 1.807) is 14.2 Å². The SMILES string of the molecule is CCn1c(-c2ccc(OCC[C+]=NC)cc2)c(C#N)c2ccc(OC)cc21. The van der Waals surface area contributed by atoms with Crippen LogP contribution in [-0.4, -0.2) is 31.5 Å². The number of methoxy groups -OCH3 is 1. The minimum atomic E-state index is 0.537. The lowest BCUT2D eigenvalue weighted by Gasteiger charge is -2.10. The Bertz CT molecular complexity index is 995. The van der Waals surface area contributed by atoms with Gasteiger partial charge in [0.25, 0.3) is 0 Å². The van der Waals surface area contributed by atoms with E-state index >= 15 is 0 Å². The van der Waals surface area contributed by atoms with Crippen LogP contribution in [0.3, 0.4) is 0 Å². The number of hydrogen-bond acceptors (Lipinski definition) is 4. The number of fused-ring (bicyclic) bond motifs is 1. The van der Waals surface area contributed by atoms with Gasteiger partial charge in [-0.25, -0.2) is 0 Å². The highest BCUT2D eigenvalue weighted by Crippen LogP contribution is 2.35. The van der Waals surface area contributed by atoms with Gasteiger partial charge in [0.05, 0.1) is 30.9 Å². The molecule has 0 spiro atoms. The van der Waals surface area contributed by atoms with Crippen LogP contribution in [0.4, 0.5) is 0 Å². The van der Waals surface area contributed by atoms with E-state index in [2.05, 4.69) is 28.8 Å². The van der Waals surface area contributed by atoms with Crippen molar-refractivity contribution in [1.29, 1.82) is 5.26 Å². The number of ether oxygens (including phenoxy) is 2. The van der Waals surface area contributed by atoms with Crippen molar-refractivity contribution in [2.75, 3.05) is 20.8 Å². The molecule has 0 saturated heterocycles. The van der Waals surface area contributed by atoms with Crippen molar-refractivity contribution in [3.05, 3.63) is 48.0 Å². The first kappa shape index (κ1) is 18.4. The lowest BCUT2D eigenvalue weighted by atomic mass is 10.1. The van der Waals surface area contributed by atoms with Crippen molar-refractivity contribution in [1.82, 2.24) is 4.57 Å². The third kappa shape index (κ3) is 3.62. The van der Waals surface area contributed by atoms with Crippen molar-refractivity contribution in [2.45, 2.75) is 19.9 Å². The third-order valence-electron chi connectivity index (χ3n) is 4.47. The van der Waals surface area contributed by atoms with Crippen LogP contribution < -0.4 is 9.47 Å². The number of rotatable bonds is 7. The molecule has 0 aliphatic rings. The lowest BCUT2D eigenvalue weighted by molar-refractivity contribution is 0.330. The molecule has 5 heteroatoms. The molecule has 0 aliphatic carbocycles. The van der Waals surface area contributed by atoms with Crippen molar-refractivity contribution in [2.24, 2.45) is 4.99 Å². The molecule has 0 aliphatic heterocycles. The van der Waals surface area contributed by atoms with Gasteiger partial charge in [-0.2, -0.15) is 5.26 Å². The normalized spacial score (nSPS) is 10.7. The zero-order chi connectivity index (χ0) is 19.2. The zero-order valence-corrected chi connectivity index (χ0v) is 15.8. The fraction of sp³-hybridized carbons (Fsp3) is 0.273. The van der Waals surface area contributed by atoms with Crippen LogP contribution in [0, 0.1) is 11.3 Å². The molecule has 0 bridgehead atoms. The highest BCUT2D eigenvalue weighted by Gasteiger charge is 2.18. The van der Waals surface area contributed by atoms with Crippen LogP contribution in [0.1, 0.15) is 18.9 Å². The van der Waals surface area contributed by atoms with Crippen molar-refractivity contribution in [3.63, 3.8) is 0 Å². The summed E-state index contributed by atoms with van der Waals surface area (Å²) >= 11 is 0. The number of aliphatic imine (C=N–C) groups is 1. The predicted octanol–water partition coefficient (Wildman–Crippen LogP) is 4.55. The molecule has 0 atom stereocenters. The summed E-state index contributed by atoms with van der Waals surface area (Å²) in [6, 6.07) is 16.0. The van der Waals surface area contributed by atoms with Gasteiger partial charge in [-0.15, -0.1) is 0 Å². The van der Waals surface area contributed by atoms with E-state index in [1.807, 2.05) is 42.5 Å². The molecule has 136 valence electrons. The maximum Gasteiger partial charge on any atom is 0.360 e. The van der Waals surface area contributed by atoms with E-state index in [9.17, 15) is 5.26 Å². The summed E-state index contributed by atoms with van der Waals surface area (Å²) in [7, 11) is 3.35. The second-order valence-corrected chi connectivity index (χ2v) is 5.97. The lowest BCUT2D eigenvalue weighted by Crippen LogP contribution is -1.99. The predicted molar refractivity (Wildman–Crippen MR) is 108 cm³/mol. The van der Waals surface area contributed by atoms with Crippen LogP contribution in [0.5, 0.6) is 11.5 Å². The Morgan fingerprint density at radius 3 is 2.52 bits per heavy atom. The van der Waals surface area contributed by atoms with E-state index < -0.39 is 0 Å². The van der Waals surface area contributed by atoms with E-state index in [0.29, 0.717) is 18.6 Å². The zero-order valence-electron chi connectivity index (χ0n) is 15.8. The van der Waals surface area contributed by atoms with Gasteiger partial charge in [0.2, 0.25) is 6.42 Å². The van der Waals surface area contributed by atoms with Gasteiger partial charge in [-0.3, -0.25) is 0 Å². The van der Waals surface area contributed by atoms with Gasteiger partial charge >= 0.3 is 6.21 Å². The average molecular weight is 360 g/mol. The Kier molecular flexibility index (Phi) is 5.71. The van der Waals surface area contributed by atoms with Gasteiger partial charge < -0.3 is 14.0 Å². The summed E-state index contributed by atoms with van der Waals surface area (Å²) < 4.78 is 13.2. The maximum atomic E-state index is 9.80. The molecule has 0 N–H and O–H groups in total. The molecule has 3 aromatic rings. The second kappa shape index (κ2) is 8.35. The quantitative estimate of drug-likeness (QED) is 0.353. The van der Waals surface area contributed by atoms with E-state index in [-0.39, 0.29) is 0 Å². The van der Waals surface area contributed by atoms with Gasteiger partial charge in [0.1, 0.15) is 24.2 Å². The largest absolute Gasteiger partial charge is 0.497 e. The van der Waals surface area contributed by atoms with Gasteiger partial charge in [-0.1, -0.05) is 0 Å². The molecule has 1 heterocycles. The molecule has 0 unspecified atom stereocenters. The highest BCUT2D eigenvalue weighted by molar-refractivity contribution is 5.95. The fourth-order valence-corrected chi connectivity index (χ4v) is 3.23. The summed E-state index contributed by atoms with van der Waals surface area (Å²) in [5.74, 6) is 1.57. The van der Waals surface area contributed by atoms with Crippen molar-refractivity contribution >= 4 is 17.1 Å². The third-order valence-corrected chi connectivity index (χ3v) is 4.47. The molecule has 5 nitrogen and oxygen atoms in total. The number of nitriles is 1. The monoisotopic (exact) mass is 360 g/mol. The molecule has 0 fully saturated rings. The molecule has 2 aromatic carbocycles. The Hall–Kier alpha value is -3.35. The maximum absolute atomic E-state index is 9.80. The molecule has 27 heavy (non-hydrogen) atoms. The highest BCUT2D eigenvalue weighted by atomic mass is 16.5. The van der Waals surface area contributed by atoms with Crippen molar-refractivity contribution < 1.29 is 9.47 Å². The summed E-state index contributed by atoms with van der Waals surface area (Å²) in [6.45, 7) is 3.37. The number of aromatic nitrogens is 1. The molecule has 0 radical (unpaired) electrons. The second-order valence-electron chi connectivity index (χ2n) is 5.97. The molecule has 3 rings (SSSR count). The fourth-order valence-electron chi connectivity index (χ4n) is 3.23. The van der Waals surface area contributed by atoms with Crippen molar-refractivity contribution in [3.8, 4) is 28.8 Å². The summed E-state index contributed by atoms with van der Waals surface area (Å²) in [5, 5.41) is 10.7. The Labute approximate surface area is 159 Å². The van der Waals surface area contributed by atoms with E-state index in [4.69, 9.17) is 9.47 Å². The molecule has 0 amide bonds. The van der Waals surface area contributed by atoms with E-state index in [0.717, 1.165) is 40.2 Å². The topological polar surface area (TPSA) is 59.5 Å². The molecular formula is C22H22N3O2+. The Morgan fingerprint density at radius 2 is 1.89 bits per heavy atom.